The maximum absolute atomic E-state index is 13.0. The van der Waals surface area contributed by atoms with Gasteiger partial charge in [-0.3, -0.25) is 0 Å². The summed E-state index contributed by atoms with van der Waals surface area (Å²) in [6.45, 7) is 2.49. The number of urea groups is 1. The third-order valence-corrected chi connectivity index (χ3v) is 3.54. The van der Waals surface area contributed by atoms with E-state index in [1.54, 1.807) is 12.1 Å². The van der Waals surface area contributed by atoms with E-state index in [1.807, 2.05) is 6.92 Å². The number of carbonyl (C=O) groups is 1. The van der Waals surface area contributed by atoms with Gasteiger partial charge in [0.2, 0.25) is 0 Å². The van der Waals surface area contributed by atoms with Crippen LogP contribution in [0.15, 0.2) is 24.3 Å². The van der Waals surface area contributed by atoms with Crippen molar-refractivity contribution in [1.29, 1.82) is 0 Å². The highest BCUT2D eigenvalue weighted by Gasteiger charge is 2.36. The summed E-state index contributed by atoms with van der Waals surface area (Å²) in [6, 6.07) is 6.30. The standard InChI is InChI=1S/C14H19FN2O/c1-2-16-13(18)17-14(9-3-4-10-14)11-5-7-12(15)8-6-11/h5-8H,2-4,9-10H2,1H3,(H2,16,17,18). The lowest BCUT2D eigenvalue weighted by Gasteiger charge is -2.31. The topological polar surface area (TPSA) is 41.1 Å². The van der Waals surface area contributed by atoms with Crippen LogP contribution < -0.4 is 10.6 Å². The van der Waals surface area contributed by atoms with Crippen LogP contribution in [0, 0.1) is 5.82 Å². The number of amides is 2. The summed E-state index contributed by atoms with van der Waals surface area (Å²) in [5.74, 6) is -0.245. The minimum Gasteiger partial charge on any atom is -0.338 e. The first-order valence-electron chi connectivity index (χ1n) is 6.48. The van der Waals surface area contributed by atoms with Gasteiger partial charge >= 0.3 is 6.03 Å². The summed E-state index contributed by atoms with van der Waals surface area (Å²) < 4.78 is 13.0. The molecule has 1 saturated carbocycles. The van der Waals surface area contributed by atoms with Crippen molar-refractivity contribution in [3.05, 3.63) is 35.6 Å². The Labute approximate surface area is 107 Å². The molecule has 4 heteroatoms. The SMILES string of the molecule is CCNC(=O)NC1(c2ccc(F)cc2)CCCC1. The van der Waals surface area contributed by atoms with Crippen molar-refractivity contribution in [2.75, 3.05) is 6.54 Å². The monoisotopic (exact) mass is 250 g/mol. The zero-order chi connectivity index (χ0) is 13.0. The maximum atomic E-state index is 13.0. The lowest BCUT2D eigenvalue weighted by Crippen LogP contribution is -2.48. The van der Waals surface area contributed by atoms with Crippen LogP contribution in [-0.2, 0) is 5.54 Å². The summed E-state index contributed by atoms with van der Waals surface area (Å²) in [6.07, 6.45) is 4.00. The molecule has 1 aromatic rings. The molecule has 0 atom stereocenters. The normalized spacial score (nSPS) is 17.4. The minimum atomic E-state index is -0.326. The summed E-state index contributed by atoms with van der Waals surface area (Å²) in [5.41, 5.74) is 0.667. The highest BCUT2D eigenvalue weighted by molar-refractivity contribution is 5.75. The molecule has 3 nitrogen and oxygen atoms in total. The number of carbonyl (C=O) groups excluding carboxylic acids is 1. The fraction of sp³-hybridized carbons (Fsp3) is 0.500. The maximum Gasteiger partial charge on any atom is 0.315 e. The number of hydrogen-bond acceptors (Lipinski definition) is 1. The molecule has 2 rings (SSSR count). The van der Waals surface area contributed by atoms with Crippen LogP contribution in [0.25, 0.3) is 0 Å². The molecule has 98 valence electrons. The Morgan fingerprint density at radius 3 is 2.44 bits per heavy atom. The van der Waals surface area contributed by atoms with Crippen LogP contribution in [0.2, 0.25) is 0 Å². The molecule has 0 spiro atoms. The van der Waals surface area contributed by atoms with E-state index in [2.05, 4.69) is 10.6 Å². The van der Waals surface area contributed by atoms with Gasteiger partial charge in [-0.15, -0.1) is 0 Å². The first kappa shape index (κ1) is 12.9. The van der Waals surface area contributed by atoms with Crippen molar-refractivity contribution >= 4 is 6.03 Å². The van der Waals surface area contributed by atoms with Gasteiger partial charge in [-0.2, -0.15) is 0 Å². The lowest BCUT2D eigenvalue weighted by atomic mass is 9.88. The van der Waals surface area contributed by atoms with Crippen LogP contribution in [0.3, 0.4) is 0 Å². The van der Waals surface area contributed by atoms with Crippen molar-refractivity contribution in [3.8, 4) is 0 Å². The summed E-state index contributed by atoms with van der Waals surface area (Å²) in [4.78, 5) is 11.7. The van der Waals surface area contributed by atoms with Crippen LogP contribution in [0.5, 0.6) is 0 Å². The Bertz CT molecular complexity index is 410. The molecule has 1 aliphatic carbocycles. The van der Waals surface area contributed by atoms with Gasteiger partial charge < -0.3 is 10.6 Å². The van der Waals surface area contributed by atoms with Crippen LogP contribution in [-0.4, -0.2) is 12.6 Å². The third kappa shape index (κ3) is 2.63. The Kier molecular flexibility index (Phi) is 3.84. The van der Waals surface area contributed by atoms with Crippen LogP contribution in [0.1, 0.15) is 38.2 Å². The Morgan fingerprint density at radius 2 is 1.89 bits per heavy atom. The van der Waals surface area contributed by atoms with E-state index in [4.69, 9.17) is 0 Å². The molecule has 0 heterocycles. The Morgan fingerprint density at radius 1 is 1.28 bits per heavy atom. The average Bonchev–Trinajstić information content (AvgIpc) is 2.79. The molecule has 1 aliphatic rings. The van der Waals surface area contributed by atoms with E-state index in [0.29, 0.717) is 6.54 Å². The van der Waals surface area contributed by atoms with Crippen molar-refractivity contribution < 1.29 is 9.18 Å². The Hall–Kier alpha value is -1.58. The van der Waals surface area contributed by atoms with E-state index < -0.39 is 0 Å². The predicted molar refractivity (Wildman–Crippen MR) is 68.8 cm³/mol. The highest BCUT2D eigenvalue weighted by Crippen LogP contribution is 2.38. The third-order valence-electron chi connectivity index (χ3n) is 3.54. The fourth-order valence-corrected chi connectivity index (χ4v) is 2.66. The van der Waals surface area contributed by atoms with E-state index in [-0.39, 0.29) is 17.4 Å². The van der Waals surface area contributed by atoms with Crippen molar-refractivity contribution in [2.24, 2.45) is 0 Å². The van der Waals surface area contributed by atoms with Gasteiger partial charge in [-0.25, -0.2) is 9.18 Å². The van der Waals surface area contributed by atoms with E-state index in [9.17, 15) is 9.18 Å². The van der Waals surface area contributed by atoms with Gasteiger partial charge in [0.15, 0.2) is 0 Å². The summed E-state index contributed by atoms with van der Waals surface area (Å²) in [5, 5.41) is 5.81. The molecule has 0 saturated heterocycles. The molecular formula is C14H19FN2O. The zero-order valence-electron chi connectivity index (χ0n) is 10.6. The summed E-state index contributed by atoms with van der Waals surface area (Å²) in [7, 11) is 0. The van der Waals surface area contributed by atoms with Gasteiger partial charge in [0.05, 0.1) is 5.54 Å². The second kappa shape index (κ2) is 5.38. The average molecular weight is 250 g/mol. The number of benzene rings is 1. The first-order chi connectivity index (χ1) is 8.66. The molecule has 0 bridgehead atoms. The Balaban J connectivity index is 2.21. The molecule has 1 fully saturated rings. The number of halogens is 1. The number of hydrogen-bond donors (Lipinski definition) is 2. The minimum absolute atomic E-state index is 0.149. The van der Waals surface area contributed by atoms with E-state index in [0.717, 1.165) is 31.2 Å². The van der Waals surface area contributed by atoms with Gasteiger partial charge in [0.1, 0.15) is 5.82 Å². The molecule has 0 radical (unpaired) electrons. The molecule has 0 aliphatic heterocycles. The van der Waals surface area contributed by atoms with E-state index >= 15 is 0 Å². The lowest BCUT2D eigenvalue weighted by molar-refractivity contribution is 0.225. The number of rotatable bonds is 3. The van der Waals surface area contributed by atoms with Gasteiger partial charge in [-0.1, -0.05) is 25.0 Å². The number of nitrogens with one attached hydrogen (secondary N) is 2. The first-order valence-corrected chi connectivity index (χ1v) is 6.48. The second-order valence-corrected chi connectivity index (χ2v) is 4.78. The summed E-state index contributed by atoms with van der Waals surface area (Å²) >= 11 is 0. The van der Waals surface area contributed by atoms with Crippen LogP contribution >= 0.6 is 0 Å². The van der Waals surface area contributed by atoms with E-state index in [1.165, 1.54) is 12.1 Å². The van der Waals surface area contributed by atoms with Crippen molar-refractivity contribution in [3.63, 3.8) is 0 Å². The fourth-order valence-electron chi connectivity index (χ4n) is 2.66. The largest absolute Gasteiger partial charge is 0.338 e. The zero-order valence-corrected chi connectivity index (χ0v) is 10.6. The molecular weight excluding hydrogens is 231 g/mol. The van der Waals surface area contributed by atoms with Gasteiger partial charge in [-0.05, 0) is 37.5 Å². The molecule has 2 amide bonds. The highest BCUT2D eigenvalue weighted by atomic mass is 19.1. The molecule has 18 heavy (non-hydrogen) atoms. The van der Waals surface area contributed by atoms with Gasteiger partial charge in [0.25, 0.3) is 0 Å². The molecule has 1 aromatic carbocycles. The molecule has 0 unspecified atom stereocenters. The quantitative estimate of drug-likeness (QED) is 0.851. The van der Waals surface area contributed by atoms with Gasteiger partial charge in [0, 0.05) is 6.54 Å². The van der Waals surface area contributed by atoms with Crippen LogP contribution in [0.4, 0.5) is 9.18 Å². The van der Waals surface area contributed by atoms with Crippen molar-refractivity contribution in [1.82, 2.24) is 10.6 Å². The molecule has 0 aromatic heterocycles. The molecule has 2 N–H and O–H groups in total. The van der Waals surface area contributed by atoms with Crippen molar-refractivity contribution in [2.45, 2.75) is 38.1 Å². The second-order valence-electron chi connectivity index (χ2n) is 4.78. The smallest absolute Gasteiger partial charge is 0.315 e. The predicted octanol–water partition coefficient (Wildman–Crippen LogP) is 2.91.